The molecular weight excluding hydrogens is 331 g/mol. The Balaban J connectivity index is 1.70. The molecule has 0 spiro atoms. The van der Waals surface area contributed by atoms with E-state index in [1.54, 1.807) is 6.07 Å². The van der Waals surface area contributed by atoms with Gasteiger partial charge in [-0.05, 0) is 43.6 Å². The minimum atomic E-state index is -0.420. The zero-order chi connectivity index (χ0) is 17.1. The van der Waals surface area contributed by atoms with Crippen molar-refractivity contribution in [1.82, 2.24) is 20.2 Å². The van der Waals surface area contributed by atoms with Crippen molar-refractivity contribution in [2.45, 2.75) is 12.5 Å². The number of nitrogens with zero attached hydrogens (tertiary/aromatic N) is 3. The molecule has 1 amide bonds. The fraction of sp³-hybridized carbons (Fsp3) is 0.353. The number of hydrogen-bond acceptors (Lipinski definition) is 4. The maximum atomic E-state index is 13.8. The fourth-order valence-electron chi connectivity index (χ4n) is 3.19. The monoisotopic (exact) mass is 348 g/mol. The van der Waals surface area contributed by atoms with Crippen LogP contribution in [0.25, 0.3) is 0 Å². The van der Waals surface area contributed by atoms with Crippen LogP contribution in [0.5, 0.6) is 0 Å². The number of nitrogens with one attached hydrogen (secondary N) is 1. The first kappa shape index (κ1) is 16.8. The van der Waals surface area contributed by atoms with Crippen LogP contribution in [0.3, 0.4) is 0 Å². The van der Waals surface area contributed by atoms with E-state index in [4.69, 9.17) is 11.6 Å². The molecule has 1 N–H and O–H groups in total. The lowest BCUT2D eigenvalue weighted by molar-refractivity contribution is 0.0938. The van der Waals surface area contributed by atoms with Gasteiger partial charge in [-0.25, -0.2) is 9.37 Å². The summed E-state index contributed by atoms with van der Waals surface area (Å²) in [7, 11) is 2.00. The van der Waals surface area contributed by atoms with Gasteiger partial charge in [0.1, 0.15) is 11.5 Å². The molecule has 2 unspecified atom stereocenters. The lowest BCUT2D eigenvalue weighted by atomic mass is 9.93. The van der Waals surface area contributed by atoms with E-state index < -0.39 is 5.82 Å². The summed E-state index contributed by atoms with van der Waals surface area (Å²) >= 11 is 5.77. The Kier molecular flexibility index (Phi) is 5.06. The second-order valence-corrected chi connectivity index (χ2v) is 6.36. The number of halogens is 2. The number of carbonyl (C=O) groups excluding carboxylic acids is 1. The highest BCUT2D eigenvalue weighted by atomic mass is 35.5. The van der Waals surface area contributed by atoms with E-state index in [2.05, 4.69) is 20.2 Å². The van der Waals surface area contributed by atoms with E-state index >= 15 is 0 Å². The van der Waals surface area contributed by atoms with E-state index in [-0.39, 0.29) is 28.6 Å². The number of hydrogen-bond donors (Lipinski definition) is 1. The van der Waals surface area contributed by atoms with Gasteiger partial charge in [0.2, 0.25) is 0 Å². The summed E-state index contributed by atoms with van der Waals surface area (Å²) in [6.07, 6.45) is 5.36. The highest BCUT2D eigenvalue weighted by molar-refractivity contribution is 6.30. The lowest BCUT2D eigenvalue weighted by Gasteiger charge is -2.26. The van der Waals surface area contributed by atoms with E-state index in [1.807, 2.05) is 13.1 Å². The number of rotatable bonds is 4. The van der Waals surface area contributed by atoms with Gasteiger partial charge in [-0.15, -0.1) is 0 Å². The van der Waals surface area contributed by atoms with Crippen molar-refractivity contribution in [2.24, 2.45) is 5.92 Å². The van der Waals surface area contributed by atoms with Crippen LogP contribution in [-0.2, 0) is 0 Å². The highest BCUT2D eigenvalue weighted by Crippen LogP contribution is 2.36. The van der Waals surface area contributed by atoms with Crippen LogP contribution >= 0.6 is 11.6 Å². The lowest BCUT2D eigenvalue weighted by Crippen LogP contribution is -2.32. The van der Waals surface area contributed by atoms with Crippen LogP contribution in [0.15, 0.2) is 36.8 Å². The van der Waals surface area contributed by atoms with Crippen LogP contribution in [0.4, 0.5) is 4.39 Å². The van der Waals surface area contributed by atoms with Gasteiger partial charge in [0, 0.05) is 25.0 Å². The zero-order valence-electron chi connectivity index (χ0n) is 13.2. The first-order chi connectivity index (χ1) is 11.6. The molecule has 5 nitrogen and oxygen atoms in total. The number of amides is 1. The average Bonchev–Trinajstić information content (AvgIpc) is 2.96. The molecule has 1 saturated heterocycles. The Hall–Kier alpha value is -2.05. The largest absolute Gasteiger partial charge is 0.350 e. The van der Waals surface area contributed by atoms with Gasteiger partial charge in [0.05, 0.1) is 11.2 Å². The second-order valence-electron chi connectivity index (χ2n) is 5.95. The molecule has 7 heteroatoms. The van der Waals surface area contributed by atoms with E-state index in [0.717, 1.165) is 18.5 Å². The SMILES string of the molecule is CN1CCC(CNC(=O)c2cnccn2)C1c1ccc(Cl)c(F)c1. The molecule has 0 bridgehead atoms. The van der Waals surface area contributed by atoms with Gasteiger partial charge in [-0.1, -0.05) is 17.7 Å². The quantitative estimate of drug-likeness (QED) is 0.923. The predicted octanol–water partition coefficient (Wildman–Crippen LogP) is 2.69. The maximum Gasteiger partial charge on any atom is 0.271 e. The van der Waals surface area contributed by atoms with E-state index in [0.29, 0.717) is 6.54 Å². The van der Waals surface area contributed by atoms with Gasteiger partial charge in [0.25, 0.3) is 5.91 Å². The summed E-state index contributed by atoms with van der Waals surface area (Å²) < 4.78 is 13.8. The molecule has 1 aliphatic heterocycles. The minimum absolute atomic E-state index is 0.0407. The Morgan fingerprint density at radius 2 is 2.29 bits per heavy atom. The summed E-state index contributed by atoms with van der Waals surface area (Å²) in [5, 5.41) is 3.02. The summed E-state index contributed by atoms with van der Waals surface area (Å²) in [6.45, 7) is 1.38. The number of aromatic nitrogens is 2. The van der Waals surface area contributed by atoms with Gasteiger partial charge in [-0.3, -0.25) is 14.7 Å². The third-order valence-corrected chi connectivity index (χ3v) is 4.69. The smallest absolute Gasteiger partial charge is 0.271 e. The van der Waals surface area contributed by atoms with Crippen molar-refractivity contribution in [1.29, 1.82) is 0 Å². The van der Waals surface area contributed by atoms with Crippen molar-refractivity contribution in [2.75, 3.05) is 20.1 Å². The predicted molar refractivity (Wildman–Crippen MR) is 89.3 cm³/mol. The number of likely N-dealkylation sites (tertiary alicyclic amines) is 1. The van der Waals surface area contributed by atoms with Crippen LogP contribution in [0, 0.1) is 11.7 Å². The molecule has 1 fully saturated rings. The molecule has 2 aromatic rings. The molecule has 1 aromatic carbocycles. The normalized spacial score (nSPS) is 21.0. The summed E-state index contributed by atoms with van der Waals surface area (Å²) in [6, 6.07) is 4.94. The van der Waals surface area contributed by atoms with Gasteiger partial charge in [0.15, 0.2) is 0 Å². The van der Waals surface area contributed by atoms with Crippen molar-refractivity contribution in [3.05, 3.63) is 58.9 Å². The number of benzene rings is 1. The van der Waals surface area contributed by atoms with Crippen molar-refractivity contribution < 1.29 is 9.18 Å². The minimum Gasteiger partial charge on any atom is -0.350 e. The molecule has 0 radical (unpaired) electrons. The molecular formula is C17H18ClFN4O. The number of carbonyl (C=O) groups is 1. The van der Waals surface area contributed by atoms with Crippen molar-refractivity contribution in [3.63, 3.8) is 0 Å². The van der Waals surface area contributed by atoms with Crippen LogP contribution in [0.1, 0.15) is 28.5 Å². The molecule has 24 heavy (non-hydrogen) atoms. The molecule has 126 valence electrons. The Labute approximate surface area is 144 Å². The second kappa shape index (κ2) is 7.23. The first-order valence-electron chi connectivity index (χ1n) is 7.75. The summed E-state index contributed by atoms with van der Waals surface area (Å²) in [4.78, 5) is 22.2. The molecule has 2 heterocycles. The molecule has 1 aromatic heterocycles. The third-order valence-electron chi connectivity index (χ3n) is 4.38. The van der Waals surface area contributed by atoms with Gasteiger partial charge < -0.3 is 5.32 Å². The Morgan fingerprint density at radius 1 is 1.46 bits per heavy atom. The van der Waals surface area contributed by atoms with Crippen molar-refractivity contribution in [3.8, 4) is 0 Å². The average molecular weight is 349 g/mol. The van der Waals surface area contributed by atoms with Gasteiger partial charge in [-0.2, -0.15) is 0 Å². The fourth-order valence-corrected chi connectivity index (χ4v) is 3.31. The van der Waals surface area contributed by atoms with Gasteiger partial charge >= 0.3 is 0 Å². The maximum absolute atomic E-state index is 13.8. The molecule has 2 atom stereocenters. The topological polar surface area (TPSA) is 58.1 Å². The Morgan fingerprint density at radius 3 is 3.00 bits per heavy atom. The Bertz CT molecular complexity index is 728. The molecule has 0 saturated carbocycles. The van der Waals surface area contributed by atoms with Crippen molar-refractivity contribution >= 4 is 17.5 Å². The summed E-state index contributed by atoms with van der Waals surface area (Å²) in [5.74, 6) is -0.480. The molecule has 0 aliphatic carbocycles. The molecule has 1 aliphatic rings. The third kappa shape index (κ3) is 3.55. The first-order valence-corrected chi connectivity index (χ1v) is 8.13. The zero-order valence-corrected chi connectivity index (χ0v) is 14.0. The molecule has 3 rings (SSSR count). The van der Waals surface area contributed by atoms with Crippen LogP contribution in [-0.4, -0.2) is 40.9 Å². The standard InChI is InChI=1S/C17H18ClFN4O/c1-23-7-4-12(9-22-17(24)15-10-20-5-6-21-15)16(23)11-2-3-13(18)14(19)8-11/h2-3,5-6,8,10,12,16H,4,7,9H2,1H3,(H,22,24). The summed E-state index contributed by atoms with van der Waals surface area (Å²) in [5.41, 5.74) is 1.16. The van der Waals surface area contributed by atoms with E-state index in [1.165, 1.54) is 24.7 Å². The van der Waals surface area contributed by atoms with Crippen LogP contribution < -0.4 is 5.32 Å². The van der Waals surface area contributed by atoms with E-state index in [9.17, 15) is 9.18 Å². The highest BCUT2D eigenvalue weighted by Gasteiger charge is 2.33. The van der Waals surface area contributed by atoms with Crippen LogP contribution in [0.2, 0.25) is 5.02 Å².